The van der Waals surface area contributed by atoms with E-state index < -0.39 is 0 Å². The Hall–Kier alpha value is -3.71. The van der Waals surface area contributed by atoms with E-state index in [-0.39, 0.29) is 5.41 Å². The van der Waals surface area contributed by atoms with Crippen LogP contribution in [-0.4, -0.2) is 14.4 Å². The summed E-state index contributed by atoms with van der Waals surface area (Å²) in [5.41, 5.74) is 6.47. The van der Waals surface area contributed by atoms with Gasteiger partial charge in [-0.15, -0.1) is 0 Å². The molecule has 29 heavy (non-hydrogen) atoms. The third-order valence-electron chi connectivity index (χ3n) is 5.34. The van der Waals surface area contributed by atoms with Gasteiger partial charge >= 0.3 is 0 Å². The van der Waals surface area contributed by atoms with Gasteiger partial charge < -0.3 is 0 Å². The Morgan fingerprint density at radius 1 is 0.862 bits per heavy atom. The molecule has 4 heteroatoms. The van der Waals surface area contributed by atoms with Crippen molar-refractivity contribution in [1.82, 2.24) is 14.4 Å². The lowest BCUT2D eigenvalue weighted by atomic mass is 9.83. The summed E-state index contributed by atoms with van der Waals surface area (Å²) in [5.74, 6) is 0.849. The fraction of sp³-hybridized carbons (Fsp3) is 0.160. The summed E-state index contributed by atoms with van der Waals surface area (Å²) in [6.45, 7) is 6.64. The first-order chi connectivity index (χ1) is 14.0. The van der Waals surface area contributed by atoms with E-state index in [1.54, 1.807) is 0 Å². The molecule has 4 nitrogen and oxygen atoms in total. The lowest BCUT2D eigenvalue weighted by Crippen LogP contribution is -2.14. The van der Waals surface area contributed by atoms with Gasteiger partial charge in [0, 0.05) is 10.9 Å². The molecule has 0 unspecified atom stereocenters. The van der Waals surface area contributed by atoms with E-state index in [0.29, 0.717) is 5.56 Å². The largest absolute Gasteiger partial charge is 0.276 e. The number of fused-ring (bicyclic) bond motifs is 5. The second-order valence-corrected chi connectivity index (χ2v) is 8.33. The van der Waals surface area contributed by atoms with Gasteiger partial charge in [0.2, 0.25) is 0 Å². The molecule has 0 bridgehead atoms. The third kappa shape index (κ3) is 2.67. The second-order valence-electron chi connectivity index (χ2n) is 8.33. The van der Waals surface area contributed by atoms with Crippen LogP contribution < -0.4 is 0 Å². The number of para-hydroxylation sites is 2. The average molecular weight is 376 g/mol. The van der Waals surface area contributed by atoms with E-state index in [1.165, 1.54) is 5.56 Å². The van der Waals surface area contributed by atoms with Crippen LogP contribution in [0.1, 0.15) is 31.9 Å². The number of benzene rings is 3. The van der Waals surface area contributed by atoms with Gasteiger partial charge in [0.25, 0.3) is 0 Å². The van der Waals surface area contributed by atoms with Crippen molar-refractivity contribution >= 4 is 27.6 Å². The summed E-state index contributed by atoms with van der Waals surface area (Å²) in [5, 5.41) is 10.3. The summed E-state index contributed by atoms with van der Waals surface area (Å²) < 4.78 is 2.15. The molecule has 0 atom stereocenters. The number of rotatable bonds is 1. The second kappa shape index (κ2) is 6.15. The van der Waals surface area contributed by atoms with E-state index in [4.69, 9.17) is 9.97 Å². The Kier molecular flexibility index (Phi) is 3.69. The molecule has 0 fully saturated rings. The zero-order valence-electron chi connectivity index (χ0n) is 16.6. The minimum absolute atomic E-state index is 0.0373. The Morgan fingerprint density at radius 3 is 2.41 bits per heavy atom. The van der Waals surface area contributed by atoms with Crippen molar-refractivity contribution in [2.24, 2.45) is 0 Å². The van der Waals surface area contributed by atoms with Gasteiger partial charge in [-0.3, -0.25) is 4.40 Å². The number of aromatic nitrogens is 3. The van der Waals surface area contributed by atoms with Crippen LogP contribution in [-0.2, 0) is 5.41 Å². The SMILES string of the molecule is CC(C)(C)c1ccccc1-c1nc2cc(C#N)ccc2c2nc3ccccc3n12. The molecule has 0 spiro atoms. The molecule has 5 rings (SSSR count). The molecule has 5 aromatic rings. The maximum Gasteiger partial charge on any atom is 0.149 e. The molecule has 0 N–H and O–H groups in total. The summed E-state index contributed by atoms with van der Waals surface area (Å²) >= 11 is 0. The van der Waals surface area contributed by atoms with Gasteiger partial charge in [-0.25, -0.2) is 9.97 Å². The third-order valence-corrected chi connectivity index (χ3v) is 5.34. The minimum Gasteiger partial charge on any atom is -0.276 e. The van der Waals surface area contributed by atoms with Crippen LogP contribution >= 0.6 is 0 Å². The van der Waals surface area contributed by atoms with Crippen LogP contribution in [0.25, 0.3) is 39.0 Å². The van der Waals surface area contributed by atoms with Gasteiger partial charge in [0.05, 0.1) is 28.2 Å². The zero-order chi connectivity index (χ0) is 20.2. The molecule has 2 aromatic heterocycles. The van der Waals surface area contributed by atoms with Crippen LogP contribution in [0.15, 0.2) is 66.7 Å². The Bertz CT molecular complexity index is 1450. The van der Waals surface area contributed by atoms with E-state index in [1.807, 2.05) is 42.5 Å². The van der Waals surface area contributed by atoms with Gasteiger partial charge in [-0.2, -0.15) is 5.26 Å². The molecular weight excluding hydrogens is 356 g/mol. The molecule has 0 saturated heterocycles. The van der Waals surface area contributed by atoms with Crippen molar-refractivity contribution < 1.29 is 0 Å². The van der Waals surface area contributed by atoms with Crippen molar-refractivity contribution in [3.8, 4) is 17.5 Å². The minimum atomic E-state index is -0.0373. The molecule has 0 aliphatic carbocycles. The Labute approximate surface area is 169 Å². The van der Waals surface area contributed by atoms with Gasteiger partial charge in [-0.1, -0.05) is 57.2 Å². The van der Waals surface area contributed by atoms with Crippen LogP contribution in [0.2, 0.25) is 0 Å². The maximum absolute atomic E-state index is 9.36. The lowest BCUT2D eigenvalue weighted by molar-refractivity contribution is 0.591. The smallest absolute Gasteiger partial charge is 0.149 e. The number of hydrogen-bond donors (Lipinski definition) is 0. The number of nitrogens with zero attached hydrogens (tertiary/aromatic N) is 4. The van der Waals surface area contributed by atoms with Crippen molar-refractivity contribution in [2.75, 3.05) is 0 Å². The van der Waals surface area contributed by atoms with E-state index in [0.717, 1.165) is 39.0 Å². The van der Waals surface area contributed by atoms with Crippen LogP contribution in [0.3, 0.4) is 0 Å². The Balaban J connectivity index is 2.01. The molecule has 0 amide bonds. The van der Waals surface area contributed by atoms with Gasteiger partial charge in [-0.05, 0) is 41.3 Å². The van der Waals surface area contributed by atoms with E-state index >= 15 is 0 Å². The van der Waals surface area contributed by atoms with Crippen LogP contribution in [0.4, 0.5) is 0 Å². The molecule has 2 heterocycles. The fourth-order valence-electron chi connectivity index (χ4n) is 3.98. The molecule has 140 valence electrons. The van der Waals surface area contributed by atoms with Gasteiger partial charge in [0.1, 0.15) is 11.5 Å². The fourth-order valence-corrected chi connectivity index (χ4v) is 3.98. The highest BCUT2D eigenvalue weighted by Crippen LogP contribution is 2.35. The van der Waals surface area contributed by atoms with Crippen molar-refractivity contribution in [3.05, 3.63) is 77.9 Å². The van der Waals surface area contributed by atoms with Crippen LogP contribution in [0, 0.1) is 11.3 Å². The molecular formula is C25H20N4. The van der Waals surface area contributed by atoms with Crippen molar-refractivity contribution in [1.29, 1.82) is 5.26 Å². The standard InChI is InChI=1S/C25H20N4/c1-25(2,3)19-9-5-4-8-17(19)23-28-21-14-16(15-26)12-13-18(21)24-27-20-10-6-7-11-22(20)29(23)24/h4-14H,1-3H3. The van der Waals surface area contributed by atoms with E-state index in [9.17, 15) is 5.26 Å². The first-order valence-electron chi connectivity index (χ1n) is 9.68. The molecule has 0 radical (unpaired) electrons. The molecule has 0 aliphatic heterocycles. The first-order valence-corrected chi connectivity index (χ1v) is 9.68. The van der Waals surface area contributed by atoms with Gasteiger partial charge in [0.15, 0.2) is 0 Å². The topological polar surface area (TPSA) is 54.0 Å². The van der Waals surface area contributed by atoms with E-state index in [2.05, 4.69) is 55.5 Å². The maximum atomic E-state index is 9.36. The molecule has 3 aromatic carbocycles. The highest BCUT2D eigenvalue weighted by atomic mass is 15.1. The Morgan fingerprint density at radius 2 is 1.62 bits per heavy atom. The number of imidazole rings is 1. The average Bonchev–Trinajstić information content (AvgIpc) is 3.12. The summed E-state index contributed by atoms with van der Waals surface area (Å²) in [6, 6.07) is 24.4. The van der Waals surface area contributed by atoms with Crippen molar-refractivity contribution in [2.45, 2.75) is 26.2 Å². The molecule has 0 aliphatic rings. The lowest BCUT2D eigenvalue weighted by Gasteiger charge is -2.23. The highest BCUT2D eigenvalue weighted by molar-refractivity contribution is 5.98. The summed E-state index contributed by atoms with van der Waals surface area (Å²) in [4.78, 5) is 9.97. The summed E-state index contributed by atoms with van der Waals surface area (Å²) in [6.07, 6.45) is 0. The van der Waals surface area contributed by atoms with Crippen LogP contribution in [0.5, 0.6) is 0 Å². The number of nitriles is 1. The molecule has 0 saturated carbocycles. The first kappa shape index (κ1) is 17.4. The monoisotopic (exact) mass is 376 g/mol. The predicted molar refractivity (Wildman–Crippen MR) is 117 cm³/mol. The normalized spacial score (nSPS) is 11.9. The zero-order valence-corrected chi connectivity index (χ0v) is 16.6. The predicted octanol–water partition coefficient (Wildman–Crippen LogP) is 5.87. The number of hydrogen-bond acceptors (Lipinski definition) is 3. The van der Waals surface area contributed by atoms with Crippen molar-refractivity contribution in [3.63, 3.8) is 0 Å². The highest BCUT2D eigenvalue weighted by Gasteiger charge is 2.22. The quantitative estimate of drug-likeness (QED) is 0.367. The summed E-state index contributed by atoms with van der Waals surface area (Å²) in [7, 11) is 0.